The Morgan fingerprint density at radius 3 is 1.51 bits per heavy atom. The normalized spacial score (nSPS) is 9.66. The number of aryl methyl sites for hydroxylation is 1. The van der Waals surface area contributed by atoms with Crippen molar-refractivity contribution in [2.24, 2.45) is 0 Å². The van der Waals surface area contributed by atoms with Gasteiger partial charge in [-0.25, -0.2) is 0 Å². The lowest BCUT2D eigenvalue weighted by Crippen LogP contribution is -2.23. The predicted molar refractivity (Wildman–Crippen MR) is 142 cm³/mol. The van der Waals surface area contributed by atoms with Gasteiger partial charge in [-0.3, -0.25) is 14.4 Å². The molecule has 202 valence electrons. The SMILES string of the molecule is CCCCCCOCC(=O)NC.CCCCCOCC(=O)NC.CNC(=O)Cc1ccc(C)cc1. The average molecular weight is 496 g/mol. The number of benzene rings is 1. The lowest BCUT2D eigenvalue weighted by atomic mass is 10.1. The topological polar surface area (TPSA) is 106 Å². The fraction of sp³-hybridized carbons (Fsp3) is 0.667. The number of carbonyl (C=O) groups excluding carboxylic acids is 3. The molecule has 1 aromatic rings. The predicted octanol–water partition coefficient (Wildman–Crippen LogP) is 3.55. The number of ether oxygens (including phenoxy) is 2. The number of hydrogen-bond acceptors (Lipinski definition) is 5. The molecule has 0 fully saturated rings. The third-order valence-corrected chi connectivity index (χ3v) is 4.82. The van der Waals surface area contributed by atoms with E-state index in [2.05, 4.69) is 29.8 Å². The Bertz CT molecular complexity index is 651. The zero-order valence-electron chi connectivity index (χ0n) is 22.8. The van der Waals surface area contributed by atoms with Gasteiger partial charge in [0.1, 0.15) is 13.2 Å². The van der Waals surface area contributed by atoms with Gasteiger partial charge in [-0.15, -0.1) is 0 Å². The number of likely N-dealkylation sites (N-methyl/N-ethyl adjacent to an activating group) is 3. The van der Waals surface area contributed by atoms with E-state index in [9.17, 15) is 14.4 Å². The zero-order valence-corrected chi connectivity index (χ0v) is 22.8. The van der Waals surface area contributed by atoms with E-state index in [0.29, 0.717) is 19.6 Å². The standard InChI is InChI=1S/C10H13NO.C9H19NO2.C8H17NO2/c1-8-3-5-9(6-4-8)7-10(12)11-2;1-3-4-5-6-7-12-8-9(11)10-2;1-3-4-5-6-11-7-8(10)9-2/h3-6H,7H2,1-2H3,(H,11,12);3-8H2,1-2H3,(H,10,11);3-7H2,1-2H3,(H,9,10). The summed E-state index contributed by atoms with van der Waals surface area (Å²) in [6, 6.07) is 7.98. The second kappa shape index (κ2) is 26.2. The smallest absolute Gasteiger partial charge is 0.245 e. The van der Waals surface area contributed by atoms with Crippen LogP contribution in [-0.4, -0.2) is 65.3 Å². The Hall–Kier alpha value is -2.45. The second-order valence-corrected chi connectivity index (χ2v) is 8.05. The molecule has 35 heavy (non-hydrogen) atoms. The van der Waals surface area contributed by atoms with E-state index < -0.39 is 0 Å². The van der Waals surface area contributed by atoms with Crippen LogP contribution in [0.15, 0.2) is 24.3 Å². The number of rotatable bonds is 15. The van der Waals surface area contributed by atoms with E-state index in [1.807, 2.05) is 31.2 Å². The summed E-state index contributed by atoms with van der Waals surface area (Å²) in [5.74, 6) is -0.0501. The van der Waals surface area contributed by atoms with Gasteiger partial charge in [0.05, 0.1) is 6.42 Å². The second-order valence-electron chi connectivity index (χ2n) is 8.05. The van der Waals surface area contributed by atoms with Crippen molar-refractivity contribution in [2.45, 2.75) is 72.1 Å². The Morgan fingerprint density at radius 1 is 0.657 bits per heavy atom. The Balaban J connectivity index is 0. The number of amides is 3. The van der Waals surface area contributed by atoms with Crippen molar-refractivity contribution in [3.05, 3.63) is 35.4 Å². The van der Waals surface area contributed by atoms with Crippen molar-refractivity contribution in [3.63, 3.8) is 0 Å². The molecule has 0 heterocycles. The first-order chi connectivity index (χ1) is 16.8. The summed E-state index contributed by atoms with van der Waals surface area (Å²) in [5, 5.41) is 7.58. The summed E-state index contributed by atoms with van der Waals surface area (Å²) >= 11 is 0. The van der Waals surface area contributed by atoms with Crippen LogP contribution in [0.2, 0.25) is 0 Å². The van der Waals surface area contributed by atoms with Crippen LogP contribution in [0.1, 0.15) is 69.9 Å². The summed E-state index contributed by atoms with van der Waals surface area (Å²) in [4.78, 5) is 32.2. The summed E-state index contributed by atoms with van der Waals surface area (Å²) in [5.41, 5.74) is 2.27. The molecule has 1 rings (SSSR count). The van der Waals surface area contributed by atoms with Gasteiger partial charge in [-0.2, -0.15) is 0 Å². The van der Waals surface area contributed by atoms with E-state index in [1.54, 1.807) is 21.1 Å². The van der Waals surface area contributed by atoms with Crippen LogP contribution in [-0.2, 0) is 30.3 Å². The molecule has 0 aliphatic rings. The number of nitrogens with one attached hydrogen (secondary N) is 3. The van der Waals surface area contributed by atoms with Crippen LogP contribution in [0.3, 0.4) is 0 Å². The van der Waals surface area contributed by atoms with Gasteiger partial charge in [0.25, 0.3) is 0 Å². The molecule has 0 aliphatic heterocycles. The first kappa shape index (κ1) is 34.7. The summed E-state index contributed by atoms with van der Waals surface area (Å²) in [6.45, 7) is 8.13. The largest absolute Gasteiger partial charge is 0.372 e. The van der Waals surface area contributed by atoms with Crippen LogP contribution in [0.4, 0.5) is 0 Å². The third kappa shape index (κ3) is 26.0. The van der Waals surface area contributed by atoms with Gasteiger partial charge in [-0.05, 0) is 25.3 Å². The van der Waals surface area contributed by atoms with E-state index in [-0.39, 0.29) is 30.9 Å². The maximum absolute atomic E-state index is 11.0. The van der Waals surface area contributed by atoms with Crippen LogP contribution in [0, 0.1) is 6.92 Å². The lowest BCUT2D eigenvalue weighted by Gasteiger charge is -2.02. The first-order valence-corrected chi connectivity index (χ1v) is 12.7. The molecule has 0 bridgehead atoms. The highest BCUT2D eigenvalue weighted by Crippen LogP contribution is 2.03. The van der Waals surface area contributed by atoms with E-state index in [0.717, 1.165) is 18.4 Å². The molecule has 0 aliphatic carbocycles. The van der Waals surface area contributed by atoms with Crippen molar-refractivity contribution >= 4 is 17.7 Å². The highest BCUT2D eigenvalue weighted by atomic mass is 16.5. The molecule has 3 N–H and O–H groups in total. The molecule has 0 radical (unpaired) electrons. The fourth-order valence-corrected chi connectivity index (χ4v) is 2.54. The number of carbonyl (C=O) groups is 3. The highest BCUT2D eigenvalue weighted by molar-refractivity contribution is 5.78. The van der Waals surface area contributed by atoms with E-state index >= 15 is 0 Å². The molecule has 8 nitrogen and oxygen atoms in total. The minimum absolute atomic E-state index is 0.0505. The average Bonchev–Trinajstić information content (AvgIpc) is 2.87. The summed E-state index contributed by atoms with van der Waals surface area (Å²) < 4.78 is 10.2. The molecule has 0 spiro atoms. The molecule has 0 aromatic heterocycles. The monoisotopic (exact) mass is 495 g/mol. The van der Waals surface area contributed by atoms with Gasteiger partial charge in [0.2, 0.25) is 17.7 Å². The molecule has 0 saturated heterocycles. The summed E-state index contributed by atoms with van der Waals surface area (Å²) in [6.07, 6.45) is 8.62. The Labute approximate surface area is 212 Å². The minimum Gasteiger partial charge on any atom is -0.372 e. The van der Waals surface area contributed by atoms with Crippen molar-refractivity contribution in [2.75, 3.05) is 47.6 Å². The third-order valence-electron chi connectivity index (χ3n) is 4.82. The highest BCUT2D eigenvalue weighted by Gasteiger charge is 1.99. The van der Waals surface area contributed by atoms with Crippen LogP contribution in [0.25, 0.3) is 0 Å². The Kier molecular flexibility index (Phi) is 25.9. The minimum atomic E-state index is -0.0542. The number of hydrogen-bond donors (Lipinski definition) is 3. The molecular weight excluding hydrogens is 446 g/mol. The van der Waals surface area contributed by atoms with Crippen LogP contribution < -0.4 is 16.0 Å². The van der Waals surface area contributed by atoms with Gasteiger partial charge in [0.15, 0.2) is 0 Å². The van der Waals surface area contributed by atoms with Crippen LogP contribution >= 0.6 is 0 Å². The van der Waals surface area contributed by atoms with Crippen molar-refractivity contribution in [1.29, 1.82) is 0 Å². The molecule has 1 aromatic carbocycles. The quantitative estimate of drug-likeness (QED) is 0.323. The maximum atomic E-state index is 11.0. The molecule has 0 unspecified atom stereocenters. The van der Waals surface area contributed by atoms with Gasteiger partial charge in [-0.1, -0.05) is 75.8 Å². The lowest BCUT2D eigenvalue weighted by molar-refractivity contribution is -0.125. The molecule has 3 amide bonds. The van der Waals surface area contributed by atoms with E-state index in [1.165, 1.54) is 37.7 Å². The van der Waals surface area contributed by atoms with Crippen molar-refractivity contribution in [3.8, 4) is 0 Å². The molecular formula is C27H49N3O5. The maximum Gasteiger partial charge on any atom is 0.245 e. The molecule has 0 atom stereocenters. The van der Waals surface area contributed by atoms with Gasteiger partial charge < -0.3 is 25.4 Å². The van der Waals surface area contributed by atoms with Gasteiger partial charge >= 0.3 is 0 Å². The van der Waals surface area contributed by atoms with Gasteiger partial charge in [0, 0.05) is 34.4 Å². The number of unbranched alkanes of at least 4 members (excludes halogenated alkanes) is 5. The van der Waals surface area contributed by atoms with Crippen LogP contribution in [0.5, 0.6) is 0 Å². The fourth-order valence-electron chi connectivity index (χ4n) is 2.54. The zero-order chi connectivity index (χ0) is 26.7. The first-order valence-electron chi connectivity index (χ1n) is 12.7. The van der Waals surface area contributed by atoms with Crippen molar-refractivity contribution in [1.82, 2.24) is 16.0 Å². The van der Waals surface area contributed by atoms with Crippen molar-refractivity contribution < 1.29 is 23.9 Å². The molecule has 8 heteroatoms. The summed E-state index contributed by atoms with van der Waals surface area (Å²) in [7, 11) is 4.87. The van der Waals surface area contributed by atoms with E-state index in [4.69, 9.17) is 9.47 Å². The molecule has 0 saturated carbocycles. The Morgan fingerprint density at radius 2 is 1.09 bits per heavy atom.